The van der Waals surface area contributed by atoms with E-state index in [9.17, 15) is 4.79 Å². The predicted molar refractivity (Wildman–Crippen MR) is 46.3 cm³/mol. The number of aromatic nitrogens is 1. The van der Waals surface area contributed by atoms with Gasteiger partial charge in [-0.15, -0.1) is 0 Å². The third-order valence-electron chi connectivity index (χ3n) is 1.56. The van der Waals surface area contributed by atoms with E-state index < -0.39 is 0 Å². The number of nitrogens with two attached hydrogens (primary N) is 1. The first kappa shape index (κ1) is 8.80. The lowest BCUT2D eigenvalue weighted by molar-refractivity contribution is 0.408. The van der Waals surface area contributed by atoms with Crippen molar-refractivity contribution >= 4 is 0 Å². The summed E-state index contributed by atoms with van der Waals surface area (Å²) in [4.78, 5) is 11.1. The Hall–Kier alpha value is -1.29. The Balaban J connectivity index is 3.00. The zero-order chi connectivity index (χ0) is 8.97. The van der Waals surface area contributed by atoms with Gasteiger partial charge in [0.15, 0.2) is 0 Å². The molecule has 0 amide bonds. The monoisotopic (exact) mass is 168 g/mol. The number of methoxy groups -OCH3 is 1. The SMILES string of the molecule is COc1ccc(=O)n(CCN)c1. The second kappa shape index (κ2) is 3.92. The van der Waals surface area contributed by atoms with Gasteiger partial charge in [0.1, 0.15) is 5.75 Å². The maximum Gasteiger partial charge on any atom is 0.250 e. The van der Waals surface area contributed by atoms with Crippen LogP contribution in [0.5, 0.6) is 5.75 Å². The number of pyridine rings is 1. The van der Waals surface area contributed by atoms with Crippen molar-refractivity contribution in [1.29, 1.82) is 0 Å². The summed E-state index contributed by atoms with van der Waals surface area (Å²) in [6.45, 7) is 0.975. The molecule has 0 fully saturated rings. The Kier molecular flexibility index (Phi) is 2.88. The largest absolute Gasteiger partial charge is 0.495 e. The van der Waals surface area contributed by atoms with Gasteiger partial charge in [-0.3, -0.25) is 4.79 Å². The molecule has 1 rings (SSSR count). The van der Waals surface area contributed by atoms with E-state index in [0.29, 0.717) is 18.8 Å². The van der Waals surface area contributed by atoms with Gasteiger partial charge in [-0.2, -0.15) is 0 Å². The van der Waals surface area contributed by atoms with Crippen LogP contribution in [0.3, 0.4) is 0 Å². The highest BCUT2D eigenvalue weighted by Gasteiger charge is 1.96. The second-order valence-corrected chi connectivity index (χ2v) is 2.39. The summed E-state index contributed by atoms with van der Waals surface area (Å²) in [5.41, 5.74) is 5.27. The van der Waals surface area contributed by atoms with Gasteiger partial charge in [-0.05, 0) is 6.07 Å². The highest BCUT2D eigenvalue weighted by atomic mass is 16.5. The molecule has 1 aromatic heterocycles. The van der Waals surface area contributed by atoms with Crippen molar-refractivity contribution in [1.82, 2.24) is 4.57 Å². The molecule has 1 heterocycles. The normalized spacial score (nSPS) is 9.83. The Labute approximate surface area is 70.6 Å². The van der Waals surface area contributed by atoms with Gasteiger partial charge in [0.05, 0.1) is 7.11 Å². The van der Waals surface area contributed by atoms with Crippen molar-refractivity contribution in [2.24, 2.45) is 5.73 Å². The van der Waals surface area contributed by atoms with Gasteiger partial charge in [-0.25, -0.2) is 0 Å². The van der Waals surface area contributed by atoms with Crippen LogP contribution >= 0.6 is 0 Å². The van der Waals surface area contributed by atoms with Gasteiger partial charge < -0.3 is 15.0 Å². The van der Waals surface area contributed by atoms with Crippen LogP contribution in [0.2, 0.25) is 0 Å². The topological polar surface area (TPSA) is 57.2 Å². The molecular formula is C8H12N2O2. The fraction of sp³-hybridized carbons (Fsp3) is 0.375. The lowest BCUT2D eigenvalue weighted by Crippen LogP contribution is -2.22. The van der Waals surface area contributed by atoms with Gasteiger partial charge in [0.2, 0.25) is 0 Å². The fourth-order valence-electron chi connectivity index (χ4n) is 0.944. The van der Waals surface area contributed by atoms with Crippen molar-refractivity contribution < 1.29 is 4.74 Å². The molecular weight excluding hydrogens is 156 g/mol. The van der Waals surface area contributed by atoms with Crippen LogP contribution in [0.1, 0.15) is 0 Å². The van der Waals surface area contributed by atoms with Gasteiger partial charge in [0.25, 0.3) is 5.56 Å². The minimum atomic E-state index is -0.0544. The Morgan fingerprint density at radius 3 is 2.92 bits per heavy atom. The quantitative estimate of drug-likeness (QED) is 0.681. The molecule has 0 aliphatic carbocycles. The third-order valence-corrected chi connectivity index (χ3v) is 1.56. The van der Waals surface area contributed by atoms with Crippen LogP contribution in [-0.4, -0.2) is 18.2 Å². The minimum Gasteiger partial charge on any atom is -0.495 e. The van der Waals surface area contributed by atoms with Crippen LogP contribution < -0.4 is 16.0 Å². The molecule has 0 radical (unpaired) electrons. The second-order valence-electron chi connectivity index (χ2n) is 2.39. The Morgan fingerprint density at radius 2 is 2.33 bits per heavy atom. The van der Waals surface area contributed by atoms with Crippen molar-refractivity contribution in [2.45, 2.75) is 6.54 Å². The van der Waals surface area contributed by atoms with Gasteiger partial charge in [-0.1, -0.05) is 0 Å². The molecule has 12 heavy (non-hydrogen) atoms. The number of hydrogen-bond acceptors (Lipinski definition) is 3. The average Bonchev–Trinajstić information content (AvgIpc) is 2.09. The number of hydrogen-bond donors (Lipinski definition) is 1. The average molecular weight is 168 g/mol. The maximum atomic E-state index is 11.1. The van der Waals surface area contributed by atoms with Crippen molar-refractivity contribution in [3.05, 3.63) is 28.7 Å². The van der Waals surface area contributed by atoms with Crippen LogP contribution in [0.4, 0.5) is 0 Å². The summed E-state index contributed by atoms with van der Waals surface area (Å²) < 4.78 is 6.48. The number of rotatable bonds is 3. The molecule has 0 aromatic carbocycles. The van der Waals surface area contributed by atoms with Crippen molar-refractivity contribution in [3.8, 4) is 5.75 Å². The van der Waals surface area contributed by atoms with Gasteiger partial charge in [0, 0.05) is 25.4 Å². The summed E-state index contributed by atoms with van der Waals surface area (Å²) >= 11 is 0. The first-order chi connectivity index (χ1) is 5.77. The lowest BCUT2D eigenvalue weighted by Gasteiger charge is -2.04. The summed E-state index contributed by atoms with van der Waals surface area (Å²) in [6.07, 6.45) is 1.65. The van der Waals surface area contributed by atoms with Crippen LogP contribution in [0, 0.1) is 0 Å². The van der Waals surface area contributed by atoms with E-state index in [-0.39, 0.29) is 5.56 Å². The summed E-state index contributed by atoms with van der Waals surface area (Å²) in [7, 11) is 1.56. The molecule has 0 aliphatic rings. The Morgan fingerprint density at radius 1 is 1.58 bits per heavy atom. The standard InChI is InChI=1S/C8H12N2O2/c1-12-7-2-3-8(11)10(6-7)5-4-9/h2-3,6H,4-5,9H2,1H3. The van der Waals surface area contributed by atoms with E-state index in [1.165, 1.54) is 10.6 Å². The highest BCUT2D eigenvalue weighted by Crippen LogP contribution is 2.04. The molecule has 4 heteroatoms. The number of ether oxygens (including phenoxy) is 1. The molecule has 0 aliphatic heterocycles. The van der Waals surface area contributed by atoms with E-state index in [1.807, 2.05) is 0 Å². The summed E-state index contributed by atoms with van der Waals surface area (Å²) in [6, 6.07) is 3.10. The molecule has 0 saturated carbocycles. The zero-order valence-corrected chi connectivity index (χ0v) is 6.99. The zero-order valence-electron chi connectivity index (χ0n) is 6.99. The van der Waals surface area contributed by atoms with E-state index in [4.69, 9.17) is 10.5 Å². The van der Waals surface area contributed by atoms with E-state index in [1.54, 1.807) is 19.4 Å². The van der Waals surface area contributed by atoms with E-state index >= 15 is 0 Å². The Bertz CT molecular complexity index is 306. The first-order valence-electron chi connectivity index (χ1n) is 3.72. The fourth-order valence-corrected chi connectivity index (χ4v) is 0.944. The number of nitrogens with zero attached hydrogens (tertiary/aromatic N) is 1. The van der Waals surface area contributed by atoms with Gasteiger partial charge >= 0.3 is 0 Å². The first-order valence-corrected chi connectivity index (χ1v) is 3.72. The summed E-state index contributed by atoms with van der Waals surface area (Å²) in [5.74, 6) is 0.669. The molecule has 0 spiro atoms. The predicted octanol–water partition coefficient (Wildman–Crippen LogP) is -0.184. The molecule has 0 bridgehead atoms. The molecule has 66 valence electrons. The minimum absolute atomic E-state index is 0.0544. The van der Waals surface area contributed by atoms with Crippen molar-refractivity contribution in [3.63, 3.8) is 0 Å². The van der Waals surface area contributed by atoms with Crippen LogP contribution in [0.15, 0.2) is 23.1 Å². The lowest BCUT2D eigenvalue weighted by atomic mass is 10.4. The van der Waals surface area contributed by atoms with E-state index in [0.717, 1.165) is 0 Å². The molecule has 0 unspecified atom stereocenters. The van der Waals surface area contributed by atoms with Crippen LogP contribution in [-0.2, 0) is 6.54 Å². The molecule has 0 atom stereocenters. The smallest absolute Gasteiger partial charge is 0.250 e. The molecule has 0 saturated heterocycles. The molecule has 4 nitrogen and oxygen atoms in total. The maximum absolute atomic E-state index is 11.1. The van der Waals surface area contributed by atoms with Crippen molar-refractivity contribution in [2.75, 3.05) is 13.7 Å². The summed E-state index contributed by atoms with van der Waals surface area (Å²) in [5, 5.41) is 0. The van der Waals surface area contributed by atoms with E-state index in [2.05, 4.69) is 0 Å². The molecule has 2 N–H and O–H groups in total. The molecule has 1 aromatic rings. The third kappa shape index (κ3) is 1.85. The van der Waals surface area contributed by atoms with Crippen LogP contribution in [0.25, 0.3) is 0 Å². The highest BCUT2D eigenvalue weighted by molar-refractivity contribution is 5.16.